The summed E-state index contributed by atoms with van der Waals surface area (Å²) in [4.78, 5) is 0. The largest absolute Gasteiger partial charge is 0.330 e. The van der Waals surface area contributed by atoms with E-state index in [4.69, 9.17) is 5.73 Å². The van der Waals surface area contributed by atoms with Crippen LogP contribution in [0.1, 0.15) is 12.8 Å². The van der Waals surface area contributed by atoms with Crippen LogP contribution < -0.4 is 5.73 Å². The van der Waals surface area contributed by atoms with Gasteiger partial charge in [-0.1, -0.05) is 0 Å². The normalized spacial score (nSPS) is 21.3. The molecule has 0 heterocycles. The van der Waals surface area contributed by atoms with E-state index in [1.807, 2.05) is 0 Å². The Kier molecular flexibility index (Phi) is 2.47. The summed E-state index contributed by atoms with van der Waals surface area (Å²) in [6, 6.07) is 0. The highest BCUT2D eigenvalue weighted by Gasteiger charge is 2.43. The maximum atomic E-state index is 11.0. The molecule has 0 bridgehead atoms. The van der Waals surface area contributed by atoms with Crippen molar-refractivity contribution in [2.24, 2.45) is 11.1 Å². The van der Waals surface area contributed by atoms with Gasteiger partial charge < -0.3 is 5.73 Å². The summed E-state index contributed by atoms with van der Waals surface area (Å²) in [5, 5.41) is 0. The first-order chi connectivity index (χ1) is 5.40. The zero-order valence-corrected chi connectivity index (χ0v) is 8.39. The molecular weight excluding hydrogens is 176 g/mol. The third-order valence-electron chi connectivity index (χ3n) is 2.51. The maximum absolute atomic E-state index is 11.0. The highest BCUT2D eigenvalue weighted by Crippen LogP contribution is 2.45. The van der Waals surface area contributed by atoms with Crippen molar-refractivity contribution in [2.45, 2.75) is 12.8 Å². The van der Waals surface area contributed by atoms with Crippen molar-refractivity contribution in [1.82, 2.24) is 4.31 Å². The van der Waals surface area contributed by atoms with Gasteiger partial charge in [0.15, 0.2) is 0 Å². The van der Waals surface area contributed by atoms with Crippen LogP contribution in [-0.4, -0.2) is 39.1 Å². The van der Waals surface area contributed by atoms with E-state index in [-0.39, 0.29) is 5.41 Å². The van der Waals surface area contributed by atoms with Gasteiger partial charge in [-0.25, -0.2) is 12.7 Å². The van der Waals surface area contributed by atoms with Crippen molar-refractivity contribution < 1.29 is 8.42 Å². The molecule has 0 atom stereocenters. The second-order valence-electron chi connectivity index (χ2n) is 3.72. The van der Waals surface area contributed by atoms with Gasteiger partial charge in [-0.3, -0.25) is 0 Å². The van der Waals surface area contributed by atoms with E-state index in [9.17, 15) is 8.42 Å². The molecule has 1 rings (SSSR count). The smallest absolute Gasteiger partial charge is 0.210 e. The lowest BCUT2D eigenvalue weighted by atomic mass is 10.1. The number of rotatable bonds is 4. The molecular formula is C7H16N2O2S. The topological polar surface area (TPSA) is 63.4 Å². The van der Waals surface area contributed by atoms with Crippen LogP contribution in [-0.2, 0) is 10.0 Å². The van der Waals surface area contributed by atoms with E-state index >= 15 is 0 Å². The highest BCUT2D eigenvalue weighted by atomic mass is 32.2. The van der Waals surface area contributed by atoms with Crippen LogP contribution in [0, 0.1) is 5.41 Å². The van der Waals surface area contributed by atoms with Crippen molar-refractivity contribution >= 4 is 10.0 Å². The molecule has 0 aliphatic heterocycles. The second-order valence-corrected chi connectivity index (χ2v) is 5.81. The van der Waals surface area contributed by atoms with Gasteiger partial charge in [-0.05, 0) is 24.8 Å². The maximum Gasteiger partial charge on any atom is 0.210 e. The Balaban J connectivity index is 2.52. The molecule has 0 radical (unpaired) electrons. The first kappa shape index (κ1) is 9.95. The molecule has 0 saturated heterocycles. The van der Waals surface area contributed by atoms with Crippen LogP contribution in [0.2, 0.25) is 0 Å². The number of nitrogens with zero attached hydrogens (tertiary/aromatic N) is 1. The fourth-order valence-electron chi connectivity index (χ4n) is 1.19. The Morgan fingerprint density at radius 1 is 1.50 bits per heavy atom. The summed E-state index contributed by atoms with van der Waals surface area (Å²) in [5.74, 6) is 0. The average Bonchev–Trinajstić information content (AvgIpc) is 2.67. The summed E-state index contributed by atoms with van der Waals surface area (Å²) in [5.41, 5.74) is 5.63. The van der Waals surface area contributed by atoms with Crippen molar-refractivity contribution in [3.63, 3.8) is 0 Å². The fraction of sp³-hybridized carbons (Fsp3) is 1.00. The Hall–Kier alpha value is -0.130. The van der Waals surface area contributed by atoms with Crippen LogP contribution in [0.25, 0.3) is 0 Å². The monoisotopic (exact) mass is 192 g/mol. The third-order valence-corrected chi connectivity index (χ3v) is 3.78. The fourth-order valence-corrected chi connectivity index (χ4v) is 1.70. The number of sulfonamides is 1. The molecule has 1 saturated carbocycles. The van der Waals surface area contributed by atoms with E-state index in [1.165, 1.54) is 10.6 Å². The van der Waals surface area contributed by atoms with E-state index in [2.05, 4.69) is 0 Å². The predicted molar refractivity (Wildman–Crippen MR) is 48.2 cm³/mol. The van der Waals surface area contributed by atoms with Gasteiger partial charge in [-0.15, -0.1) is 0 Å². The SMILES string of the molecule is CN(CC1(CN)CC1)S(C)(=O)=O. The Labute approximate surface area is 73.8 Å². The minimum atomic E-state index is -3.03. The molecule has 4 nitrogen and oxygen atoms in total. The van der Waals surface area contributed by atoms with E-state index in [0.29, 0.717) is 13.1 Å². The molecule has 1 aliphatic carbocycles. The van der Waals surface area contributed by atoms with Crippen molar-refractivity contribution in [1.29, 1.82) is 0 Å². The molecule has 1 aliphatic rings. The van der Waals surface area contributed by atoms with Crippen LogP contribution in [0.4, 0.5) is 0 Å². The third kappa shape index (κ3) is 2.18. The summed E-state index contributed by atoms with van der Waals surface area (Å²) in [6.07, 6.45) is 3.34. The molecule has 5 heteroatoms. The standard InChI is InChI=1S/C7H16N2O2S/c1-9(12(2,10)11)6-7(5-8)3-4-7/h3-6,8H2,1-2H3. The first-order valence-electron chi connectivity index (χ1n) is 4.01. The van der Waals surface area contributed by atoms with Crippen molar-refractivity contribution in [3.05, 3.63) is 0 Å². The summed E-state index contributed by atoms with van der Waals surface area (Å²) in [6.45, 7) is 1.16. The number of nitrogens with two attached hydrogens (primary N) is 1. The quantitative estimate of drug-likeness (QED) is 0.660. The van der Waals surface area contributed by atoms with Crippen LogP contribution in [0.5, 0.6) is 0 Å². The lowest BCUT2D eigenvalue weighted by Gasteiger charge is -2.20. The zero-order valence-electron chi connectivity index (χ0n) is 7.58. The summed E-state index contributed by atoms with van der Waals surface area (Å²) in [7, 11) is -1.43. The Morgan fingerprint density at radius 3 is 2.25 bits per heavy atom. The van der Waals surface area contributed by atoms with Gasteiger partial charge in [0.2, 0.25) is 10.0 Å². The molecule has 2 N–H and O–H groups in total. The van der Waals surface area contributed by atoms with Crippen LogP contribution >= 0.6 is 0 Å². The molecule has 0 aromatic carbocycles. The van der Waals surface area contributed by atoms with Crippen molar-refractivity contribution in [3.8, 4) is 0 Å². The van der Waals surface area contributed by atoms with Gasteiger partial charge in [-0.2, -0.15) is 0 Å². The van der Waals surface area contributed by atoms with Gasteiger partial charge in [0, 0.05) is 13.6 Å². The van der Waals surface area contributed by atoms with Crippen molar-refractivity contribution in [2.75, 3.05) is 26.4 Å². The minimum absolute atomic E-state index is 0.0951. The van der Waals surface area contributed by atoms with Crippen LogP contribution in [0.3, 0.4) is 0 Å². The van der Waals surface area contributed by atoms with E-state index in [1.54, 1.807) is 7.05 Å². The molecule has 0 aromatic rings. The molecule has 12 heavy (non-hydrogen) atoms. The molecule has 0 aromatic heterocycles. The lowest BCUT2D eigenvalue weighted by Crippen LogP contribution is -2.35. The van der Waals surface area contributed by atoms with E-state index < -0.39 is 10.0 Å². The van der Waals surface area contributed by atoms with Crippen LogP contribution in [0.15, 0.2) is 0 Å². The molecule has 0 amide bonds. The summed E-state index contributed by atoms with van der Waals surface area (Å²) < 4.78 is 23.5. The predicted octanol–water partition coefficient (Wildman–Crippen LogP) is -0.383. The van der Waals surface area contributed by atoms with E-state index in [0.717, 1.165) is 12.8 Å². The first-order valence-corrected chi connectivity index (χ1v) is 5.86. The minimum Gasteiger partial charge on any atom is -0.330 e. The molecule has 72 valence electrons. The highest BCUT2D eigenvalue weighted by molar-refractivity contribution is 7.88. The van der Waals surface area contributed by atoms with Gasteiger partial charge in [0.1, 0.15) is 0 Å². The van der Waals surface area contributed by atoms with Gasteiger partial charge in [0.05, 0.1) is 6.26 Å². The zero-order chi connectivity index (χ0) is 9.41. The average molecular weight is 192 g/mol. The second kappa shape index (κ2) is 2.97. The summed E-state index contributed by atoms with van der Waals surface area (Å²) >= 11 is 0. The van der Waals surface area contributed by atoms with Gasteiger partial charge in [0.25, 0.3) is 0 Å². The number of hydrogen-bond donors (Lipinski definition) is 1. The molecule has 0 unspecified atom stereocenters. The Bertz CT molecular complexity index is 257. The molecule has 1 fully saturated rings. The molecule has 0 spiro atoms. The lowest BCUT2D eigenvalue weighted by molar-refractivity contribution is 0.374. The Morgan fingerprint density at radius 2 is 2.00 bits per heavy atom. The number of hydrogen-bond acceptors (Lipinski definition) is 3. The van der Waals surface area contributed by atoms with Gasteiger partial charge >= 0.3 is 0 Å².